The molecule has 4 aromatic carbocycles. The average Bonchev–Trinajstić information content (AvgIpc) is 3.10. The summed E-state index contributed by atoms with van der Waals surface area (Å²) < 4.78 is 6.12. The summed E-state index contributed by atoms with van der Waals surface area (Å²) in [5.41, 5.74) is 6.93. The van der Waals surface area contributed by atoms with Gasteiger partial charge in [0, 0.05) is 22.7 Å². The Hall–Kier alpha value is -4.02. The number of fused-ring (bicyclic) bond motifs is 1. The van der Waals surface area contributed by atoms with Gasteiger partial charge in [0.2, 0.25) is 0 Å². The van der Waals surface area contributed by atoms with Crippen LogP contribution < -0.4 is 15.4 Å². The Morgan fingerprint density at radius 1 is 0.784 bits per heavy atom. The van der Waals surface area contributed by atoms with Gasteiger partial charge in [0.25, 0.3) is 0 Å². The van der Waals surface area contributed by atoms with Crippen LogP contribution in [0, 0.1) is 0 Å². The number of hydrogen-bond acceptors (Lipinski definition) is 4. The second-order valence-electron chi connectivity index (χ2n) is 9.57. The summed E-state index contributed by atoms with van der Waals surface area (Å²) in [6, 6.07) is 33.8. The molecule has 37 heavy (non-hydrogen) atoms. The van der Waals surface area contributed by atoms with Crippen molar-refractivity contribution in [2.45, 2.75) is 31.4 Å². The number of carbonyl (C=O) groups is 1. The van der Waals surface area contributed by atoms with Crippen molar-refractivity contribution in [3.8, 4) is 5.75 Å². The fourth-order valence-electron chi connectivity index (χ4n) is 5.24. The first-order chi connectivity index (χ1) is 18.1. The third kappa shape index (κ3) is 4.98. The molecule has 2 N–H and O–H groups in total. The molecule has 1 aliphatic carbocycles. The minimum absolute atomic E-state index is 0.0995. The molecule has 0 bridgehead atoms. The number of benzene rings is 4. The number of allylic oxidation sites excluding steroid dienone is 1. The van der Waals surface area contributed by atoms with Crippen LogP contribution >= 0.6 is 11.6 Å². The highest BCUT2D eigenvalue weighted by Gasteiger charge is 2.36. The van der Waals surface area contributed by atoms with Crippen molar-refractivity contribution in [3.05, 3.63) is 136 Å². The van der Waals surface area contributed by atoms with Crippen molar-refractivity contribution in [1.82, 2.24) is 0 Å². The zero-order valence-electron chi connectivity index (χ0n) is 20.3. The zero-order chi connectivity index (χ0) is 25.2. The van der Waals surface area contributed by atoms with Gasteiger partial charge in [0.1, 0.15) is 12.4 Å². The van der Waals surface area contributed by atoms with E-state index in [9.17, 15) is 4.79 Å². The molecule has 0 radical (unpaired) electrons. The van der Waals surface area contributed by atoms with E-state index in [4.69, 9.17) is 16.3 Å². The Morgan fingerprint density at radius 3 is 2.35 bits per heavy atom. The molecule has 0 saturated carbocycles. The van der Waals surface area contributed by atoms with Crippen LogP contribution in [0.25, 0.3) is 0 Å². The molecule has 2 atom stereocenters. The molecule has 184 valence electrons. The van der Waals surface area contributed by atoms with Crippen LogP contribution in [0.4, 0.5) is 11.4 Å². The summed E-state index contributed by atoms with van der Waals surface area (Å²) in [6.07, 6.45) is 1.21. The number of ketones is 1. The number of carbonyl (C=O) groups excluding carboxylic acids is 1. The second-order valence-corrected chi connectivity index (χ2v) is 10.0. The number of halogens is 1. The van der Waals surface area contributed by atoms with Gasteiger partial charge in [0.15, 0.2) is 5.78 Å². The Kier molecular flexibility index (Phi) is 6.42. The van der Waals surface area contributed by atoms with Gasteiger partial charge >= 0.3 is 0 Å². The molecule has 5 heteroatoms. The number of Topliss-reactive ketones (excluding diaryl/α,β-unsaturated/α-hetero) is 1. The van der Waals surface area contributed by atoms with Gasteiger partial charge in [-0.3, -0.25) is 4.79 Å². The molecule has 2 unspecified atom stereocenters. The van der Waals surface area contributed by atoms with Crippen molar-refractivity contribution in [3.63, 3.8) is 0 Å². The minimum atomic E-state index is -0.287. The molecular weight excluding hydrogens is 480 g/mol. The van der Waals surface area contributed by atoms with Crippen molar-refractivity contribution in [1.29, 1.82) is 0 Å². The van der Waals surface area contributed by atoms with E-state index in [0.29, 0.717) is 18.1 Å². The first-order valence-corrected chi connectivity index (χ1v) is 12.9. The fraction of sp³-hybridized carbons (Fsp3) is 0.156. The molecule has 6 rings (SSSR count). The number of rotatable bonds is 5. The first kappa shape index (κ1) is 23.4. The number of hydrogen-bond donors (Lipinski definition) is 2. The number of ether oxygens (including phenoxy) is 1. The van der Waals surface area contributed by atoms with Crippen LogP contribution in [0.2, 0.25) is 5.02 Å². The van der Waals surface area contributed by atoms with E-state index in [2.05, 4.69) is 16.7 Å². The predicted octanol–water partition coefficient (Wildman–Crippen LogP) is 7.90. The van der Waals surface area contributed by atoms with Crippen molar-refractivity contribution in [2.75, 3.05) is 10.6 Å². The minimum Gasteiger partial charge on any atom is -0.489 e. The molecule has 4 nitrogen and oxygen atoms in total. The second kappa shape index (κ2) is 10.2. The Balaban J connectivity index is 1.35. The van der Waals surface area contributed by atoms with Gasteiger partial charge in [-0.2, -0.15) is 0 Å². The van der Waals surface area contributed by atoms with E-state index in [0.717, 1.165) is 51.5 Å². The lowest BCUT2D eigenvalue weighted by molar-refractivity contribution is -0.116. The maximum Gasteiger partial charge on any atom is 0.163 e. The van der Waals surface area contributed by atoms with Crippen LogP contribution in [0.15, 0.2) is 114 Å². The van der Waals surface area contributed by atoms with E-state index < -0.39 is 0 Å². The van der Waals surface area contributed by atoms with Gasteiger partial charge in [0.05, 0.1) is 17.4 Å². The van der Waals surface area contributed by atoms with Gasteiger partial charge in [-0.1, -0.05) is 78.3 Å². The molecule has 1 aliphatic heterocycles. The van der Waals surface area contributed by atoms with Crippen LogP contribution in [0.3, 0.4) is 0 Å². The zero-order valence-corrected chi connectivity index (χ0v) is 21.0. The number of nitrogens with one attached hydrogen (secondary N) is 2. The topological polar surface area (TPSA) is 50.4 Å². The van der Waals surface area contributed by atoms with Crippen LogP contribution in [0.1, 0.15) is 41.5 Å². The van der Waals surface area contributed by atoms with E-state index >= 15 is 0 Å². The Labute approximate surface area is 221 Å². The standard InChI is InChI=1S/C32H27ClN2O2/c33-25-15-13-22(14-16-25)24-18-29-31(30(36)19-24)32(35-28-12-5-4-11-27(28)34-29)23-9-6-10-26(17-23)37-20-21-7-2-1-3-8-21/h1-17,24,32,34-35H,18-20H2. The average molecular weight is 507 g/mol. The molecule has 1 heterocycles. The molecule has 0 amide bonds. The van der Waals surface area contributed by atoms with Crippen LogP contribution in [-0.2, 0) is 11.4 Å². The predicted molar refractivity (Wildman–Crippen MR) is 149 cm³/mol. The van der Waals surface area contributed by atoms with Gasteiger partial charge in [-0.25, -0.2) is 0 Å². The largest absolute Gasteiger partial charge is 0.489 e. The summed E-state index contributed by atoms with van der Waals surface area (Å²) in [4.78, 5) is 13.8. The van der Waals surface area contributed by atoms with Crippen LogP contribution in [-0.4, -0.2) is 5.78 Å². The SMILES string of the molecule is O=C1CC(c2ccc(Cl)cc2)CC2=C1C(c1cccc(OCc3ccccc3)c1)Nc1ccccc1N2. The highest BCUT2D eigenvalue weighted by molar-refractivity contribution is 6.30. The monoisotopic (exact) mass is 506 g/mol. The fourth-order valence-corrected chi connectivity index (χ4v) is 5.36. The molecule has 4 aromatic rings. The van der Waals surface area contributed by atoms with E-state index in [1.54, 1.807) is 0 Å². The lowest BCUT2D eigenvalue weighted by Gasteiger charge is -2.30. The van der Waals surface area contributed by atoms with E-state index in [1.807, 2.05) is 97.1 Å². The lowest BCUT2D eigenvalue weighted by atomic mass is 9.78. The van der Waals surface area contributed by atoms with Crippen molar-refractivity contribution < 1.29 is 9.53 Å². The normalized spacial score (nSPS) is 18.7. The Bertz CT molecular complexity index is 1460. The van der Waals surface area contributed by atoms with Gasteiger partial charge in [-0.05, 0) is 65.4 Å². The maximum atomic E-state index is 13.8. The summed E-state index contributed by atoms with van der Waals surface area (Å²) >= 11 is 6.12. The van der Waals surface area contributed by atoms with Gasteiger partial charge < -0.3 is 15.4 Å². The summed E-state index contributed by atoms with van der Waals surface area (Å²) in [5.74, 6) is 1.02. The molecular formula is C32H27ClN2O2. The molecule has 0 spiro atoms. The molecule has 0 aromatic heterocycles. The summed E-state index contributed by atoms with van der Waals surface area (Å²) in [6.45, 7) is 0.489. The maximum absolute atomic E-state index is 13.8. The number of anilines is 2. The quantitative estimate of drug-likeness (QED) is 0.289. The summed E-state index contributed by atoms with van der Waals surface area (Å²) in [5, 5.41) is 7.96. The third-order valence-corrected chi connectivity index (χ3v) is 7.34. The highest BCUT2D eigenvalue weighted by atomic mass is 35.5. The van der Waals surface area contributed by atoms with E-state index in [-0.39, 0.29) is 17.7 Å². The van der Waals surface area contributed by atoms with E-state index in [1.165, 1.54) is 0 Å². The van der Waals surface area contributed by atoms with Crippen LogP contribution in [0.5, 0.6) is 5.75 Å². The van der Waals surface area contributed by atoms with Crippen molar-refractivity contribution in [2.24, 2.45) is 0 Å². The molecule has 0 fully saturated rings. The molecule has 0 saturated heterocycles. The van der Waals surface area contributed by atoms with Gasteiger partial charge in [-0.15, -0.1) is 0 Å². The highest BCUT2D eigenvalue weighted by Crippen LogP contribution is 2.44. The Morgan fingerprint density at radius 2 is 1.54 bits per heavy atom. The number of para-hydroxylation sites is 2. The third-order valence-electron chi connectivity index (χ3n) is 7.09. The molecule has 2 aliphatic rings. The lowest BCUT2D eigenvalue weighted by Crippen LogP contribution is -2.26. The van der Waals surface area contributed by atoms with Crippen molar-refractivity contribution >= 4 is 28.8 Å². The summed E-state index contributed by atoms with van der Waals surface area (Å²) in [7, 11) is 0. The first-order valence-electron chi connectivity index (χ1n) is 12.5. The smallest absolute Gasteiger partial charge is 0.163 e.